The maximum atomic E-state index is 13.7. The molecule has 0 radical (unpaired) electrons. The van der Waals surface area contributed by atoms with Gasteiger partial charge in [-0.25, -0.2) is 0 Å². The minimum absolute atomic E-state index is 0.0703. The van der Waals surface area contributed by atoms with Crippen molar-refractivity contribution in [2.45, 2.75) is 71.0 Å². The summed E-state index contributed by atoms with van der Waals surface area (Å²) in [5.74, 6) is 0.576. The van der Waals surface area contributed by atoms with E-state index in [-0.39, 0.29) is 5.91 Å². The zero-order valence-electron chi connectivity index (χ0n) is 23.8. The third-order valence-electron chi connectivity index (χ3n) is 9.06. The molecule has 4 aromatic rings. The molecule has 2 aliphatic rings. The van der Waals surface area contributed by atoms with E-state index in [4.69, 9.17) is 0 Å². The lowest BCUT2D eigenvalue weighted by molar-refractivity contribution is 0.0815. The summed E-state index contributed by atoms with van der Waals surface area (Å²) in [5, 5.41) is 2.47. The van der Waals surface area contributed by atoms with Crippen LogP contribution in [-0.4, -0.2) is 58.8 Å². The van der Waals surface area contributed by atoms with Crippen LogP contribution in [-0.2, 0) is 19.6 Å². The Morgan fingerprint density at radius 1 is 0.974 bits per heavy atom. The SMILES string of the molecule is CCN(C)Cc1c(C(=O)N(C)C)n2c3c(cccc13)-c1c(C3CCCCC3)c3ccc(C=O)cc3n1CCC2. The van der Waals surface area contributed by atoms with Gasteiger partial charge in [-0.3, -0.25) is 9.59 Å². The number of aryl methyl sites for hydroxylation is 2. The molecule has 0 N–H and O–H groups in total. The molecule has 1 aliphatic heterocycles. The number of para-hydroxylation sites is 1. The second kappa shape index (κ2) is 10.3. The van der Waals surface area contributed by atoms with Crippen molar-refractivity contribution < 1.29 is 9.59 Å². The summed E-state index contributed by atoms with van der Waals surface area (Å²) in [6.45, 7) is 5.45. The van der Waals surface area contributed by atoms with Crippen molar-refractivity contribution in [3.8, 4) is 11.3 Å². The summed E-state index contributed by atoms with van der Waals surface area (Å²) in [7, 11) is 5.83. The number of benzene rings is 2. The molecule has 204 valence electrons. The van der Waals surface area contributed by atoms with Crippen molar-refractivity contribution >= 4 is 34.0 Å². The van der Waals surface area contributed by atoms with Gasteiger partial charge in [0.25, 0.3) is 5.91 Å². The normalized spacial score (nSPS) is 15.9. The second-order valence-electron chi connectivity index (χ2n) is 11.7. The molecule has 1 saturated carbocycles. The number of aldehydes is 1. The summed E-state index contributed by atoms with van der Waals surface area (Å²) in [4.78, 5) is 29.5. The van der Waals surface area contributed by atoms with Gasteiger partial charge in [0.15, 0.2) is 0 Å². The number of amides is 1. The fourth-order valence-corrected chi connectivity index (χ4v) is 7.07. The largest absolute Gasteiger partial charge is 0.343 e. The van der Waals surface area contributed by atoms with E-state index >= 15 is 0 Å². The topological polar surface area (TPSA) is 50.5 Å². The molecule has 1 fully saturated rings. The zero-order valence-corrected chi connectivity index (χ0v) is 23.8. The highest BCUT2D eigenvalue weighted by atomic mass is 16.2. The third-order valence-corrected chi connectivity index (χ3v) is 9.06. The quantitative estimate of drug-likeness (QED) is 0.264. The van der Waals surface area contributed by atoms with Crippen LogP contribution in [0.4, 0.5) is 0 Å². The standard InChI is InChI=1S/C33H40N4O2/c1-5-35(4)20-27-24-13-9-14-26-30(24)37(32(27)33(39)34(2)3)18-10-17-36-28-19-22(21-38)15-16-25(28)29(31(26)36)23-11-7-6-8-12-23/h9,13-16,19,21,23H,5-8,10-12,17-18,20H2,1-4H3. The number of aromatic nitrogens is 2. The molecule has 6 nitrogen and oxygen atoms in total. The molecule has 2 aromatic heterocycles. The van der Waals surface area contributed by atoms with Crippen molar-refractivity contribution in [3.05, 3.63) is 58.8 Å². The molecule has 0 bridgehead atoms. The molecule has 1 amide bonds. The van der Waals surface area contributed by atoms with Crippen LogP contribution in [0.3, 0.4) is 0 Å². The summed E-state index contributed by atoms with van der Waals surface area (Å²) in [5.41, 5.74) is 8.98. The first-order chi connectivity index (χ1) is 18.9. The number of fused-ring (bicyclic) bond motifs is 4. The summed E-state index contributed by atoms with van der Waals surface area (Å²) in [6.07, 6.45) is 8.12. The van der Waals surface area contributed by atoms with Gasteiger partial charge in [-0.1, -0.05) is 56.5 Å². The Balaban J connectivity index is 1.72. The molecule has 2 aromatic carbocycles. The lowest BCUT2D eigenvalue weighted by Gasteiger charge is -2.25. The molecule has 1 aliphatic carbocycles. The molecule has 0 atom stereocenters. The van der Waals surface area contributed by atoms with Crippen molar-refractivity contribution in [2.75, 3.05) is 27.7 Å². The lowest BCUT2D eigenvalue weighted by Crippen LogP contribution is -2.28. The van der Waals surface area contributed by atoms with Crippen LogP contribution >= 0.6 is 0 Å². The van der Waals surface area contributed by atoms with Crippen molar-refractivity contribution in [1.82, 2.24) is 18.9 Å². The van der Waals surface area contributed by atoms with E-state index in [2.05, 4.69) is 58.3 Å². The monoisotopic (exact) mass is 524 g/mol. The van der Waals surface area contributed by atoms with Crippen LogP contribution in [0.1, 0.15) is 83.3 Å². The maximum Gasteiger partial charge on any atom is 0.270 e. The smallest absolute Gasteiger partial charge is 0.270 e. The highest BCUT2D eigenvalue weighted by Crippen LogP contribution is 2.47. The number of nitrogens with zero attached hydrogens (tertiary/aromatic N) is 4. The first kappa shape index (κ1) is 25.9. The number of carbonyl (C=O) groups is 2. The Bertz CT molecular complexity index is 1570. The maximum absolute atomic E-state index is 13.7. The Hall–Kier alpha value is -3.38. The lowest BCUT2D eigenvalue weighted by atomic mass is 9.81. The van der Waals surface area contributed by atoms with E-state index in [1.165, 1.54) is 70.7 Å². The number of rotatable bonds is 6. The summed E-state index contributed by atoms with van der Waals surface area (Å²) < 4.78 is 4.82. The van der Waals surface area contributed by atoms with Gasteiger partial charge in [0.05, 0.1) is 11.2 Å². The Morgan fingerprint density at radius 3 is 2.46 bits per heavy atom. The van der Waals surface area contributed by atoms with E-state index < -0.39 is 0 Å². The van der Waals surface area contributed by atoms with Gasteiger partial charge in [0.1, 0.15) is 12.0 Å². The molecular weight excluding hydrogens is 484 g/mol. The predicted molar refractivity (Wildman–Crippen MR) is 159 cm³/mol. The van der Waals surface area contributed by atoms with Crippen LogP contribution in [0, 0.1) is 0 Å². The van der Waals surface area contributed by atoms with Gasteiger partial charge >= 0.3 is 0 Å². The number of hydrogen-bond donors (Lipinski definition) is 0. The molecule has 39 heavy (non-hydrogen) atoms. The third kappa shape index (κ3) is 4.20. The van der Waals surface area contributed by atoms with Gasteiger partial charge in [-0.05, 0) is 50.4 Å². The van der Waals surface area contributed by atoms with E-state index in [0.29, 0.717) is 5.92 Å². The molecule has 6 heteroatoms. The average Bonchev–Trinajstić information content (AvgIpc) is 3.43. The molecule has 3 heterocycles. The van der Waals surface area contributed by atoms with Crippen molar-refractivity contribution in [2.24, 2.45) is 0 Å². The van der Waals surface area contributed by atoms with Gasteiger partial charge in [0, 0.05) is 66.7 Å². The van der Waals surface area contributed by atoms with Crippen molar-refractivity contribution in [1.29, 1.82) is 0 Å². The van der Waals surface area contributed by atoms with Crippen LogP contribution in [0.15, 0.2) is 36.4 Å². The van der Waals surface area contributed by atoms with Crippen LogP contribution in [0.5, 0.6) is 0 Å². The van der Waals surface area contributed by atoms with E-state index in [1.807, 2.05) is 20.2 Å². The minimum Gasteiger partial charge on any atom is -0.343 e. The first-order valence-electron chi connectivity index (χ1n) is 14.6. The molecular formula is C33H40N4O2. The Kier molecular flexibility index (Phi) is 6.84. The van der Waals surface area contributed by atoms with E-state index in [0.717, 1.165) is 55.7 Å². The van der Waals surface area contributed by atoms with E-state index in [1.54, 1.807) is 4.90 Å². The van der Waals surface area contributed by atoms with Gasteiger partial charge < -0.3 is 18.9 Å². The van der Waals surface area contributed by atoms with E-state index in [9.17, 15) is 9.59 Å². The first-order valence-corrected chi connectivity index (χ1v) is 14.6. The molecule has 6 rings (SSSR count). The summed E-state index contributed by atoms with van der Waals surface area (Å²) >= 11 is 0. The molecule has 0 spiro atoms. The number of carbonyl (C=O) groups excluding carboxylic acids is 2. The van der Waals surface area contributed by atoms with Crippen molar-refractivity contribution in [3.63, 3.8) is 0 Å². The minimum atomic E-state index is 0.0703. The average molecular weight is 525 g/mol. The van der Waals surface area contributed by atoms with Gasteiger partial charge in [0.2, 0.25) is 0 Å². The van der Waals surface area contributed by atoms with Crippen LogP contribution in [0.25, 0.3) is 33.1 Å². The van der Waals surface area contributed by atoms with Gasteiger partial charge in [-0.2, -0.15) is 0 Å². The zero-order chi connectivity index (χ0) is 27.3. The Morgan fingerprint density at radius 2 is 1.74 bits per heavy atom. The highest BCUT2D eigenvalue weighted by molar-refractivity contribution is 6.07. The van der Waals surface area contributed by atoms with Gasteiger partial charge in [-0.15, -0.1) is 0 Å². The second-order valence-corrected chi connectivity index (χ2v) is 11.7. The van der Waals surface area contributed by atoms with Crippen LogP contribution in [0.2, 0.25) is 0 Å². The van der Waals surface area contributed by atoms with Crippen LogP contribution < -0.4 is 0 Å². The fourth-order valence-electron chi connectivity index (χ4n) is 7.07. The molecule has 0 saturated heterocycles. The highest BCUT2D eigenvalue weighted by Gasteiger charge is 2.32. The predicted octanol–water partition coefficient (Wildman–Crippen LogP) is 6.68. The summed E-state index contributed by atoms with van der Waals surface area (Å²) in [6, 6.07) is 12.9. The Labute approximate surface area is 231 Å². The fraction of sp³-hybridized carbons (Fsp3) is 0.455. The number of hydrogen-bond acceptors (Lipinski definition) is 3. The molecule has 0 unspecified atom stereocenters.